The number of carbonyl (C=O) groups is 1. The van der Waals surface area contributed by atoms with Gasteiger partial charge in [0.15, 0.2) is 5.65 Å². The predicted molar refractivity (Wildman–Crippen MR) is 114 cm³/mol. The third-order valence-corrected chi connectivity index (χ3v) is 6.06. The number of aryl methyl sites for hydroxylation is 2. The average Bonchev–Trinajstić information content (AvgIpc) is 2.98. The fraction of sp³-hybridized carbons (Fsp3) is 0.409. The summed E-state index contributed by atoms with van der Waals surface area (Å²) in [4.78, 5) is 31.5. The Morgan fingerprint density at radius 1 is 1.21 bits per heavy atom. The van der Waals surface area contributed by atoms with Crippen LogP contribution in [0.3, 0.4) is 0 Å². The van der Waals surface area contributed by atoms with Crippen molar-refractivity contribution < 1.29 is 4.79 Å². The predicted octanol–water partition coefficient (Wildman–Crippen LogP) is 3.26. The van der Waals surface area contributed by atoms with Gasteiger partial charge in [0, 0.05) is 44.3 Å². The van der Waals surface area contributed by atoms with Crippen LogP contribution in [0.15, 0.2) is 47.4 Å². The van der Waals surface area contributed by atoms with E-state index in [1.807, 2.05) is 41.3 Å². The van der Waals surface area contributed by atoms with Crippen LogP contribution in [-0.4, -0.2) is 38.0 Å². The van der Waals surface area contributed by atoms with Crippen LogP contribution in [0.2, 0.25) is 5.02 Å². The van der Waals surface area contributed by atoms with Crippen LogP contribution in [0, 0.1) is 5.92 Å². The number of halogens is 1. The fourth-order valence-electron chi connectivity index (χ4n) is 4.12. The molecule has 1 amide bonds. The molecule has 152 valence electrons. The molecule has 0 N–H and O–H groups in total. The minimum atomic E-state index is -0.0290. The zero-order valence-electron chi connectivity index (χ0n) is 16.6. The molecule has 0 atom stereocenters. The summed E-state index contributed by atoms with van der Waals surface area (Å²) in [6, 6.07) is 11.4. The number of pyridine rings is 1. The van der Waals surface area contributed by atoms with E-state index in [2.05, 4.69) is 4.98 Å². The Bertz CT molecular complexity index is 1080. The monoisotopic (exact) mass is 412 g/mol. The molecule has 1 aliphatic rings. The molecular weight excluding hydrogens is 388 g/mol. The molecule has 0 aliphatic carbocycles. The van der Waals surface area contributed by atoms with Gasteiger partial charge in [0.1, 0.15) is 0 Å². The molecule has 7 heteroatoms. The summed E-state index contributed by atoms with van der Waals surface area (Å²) in [5.41, 5.74) is 2.65. The minimum absolute atomic E-state index is 0.0290. The lowest BCUT2D eigenvalue weighted by atomic mass is 9.96. The molecule has 2 aromatic heterocycles. The van der Waals surface area contributed by atoms with E-state index in [4.69, 9.17) is 11.6 Å². The van der Waals surface area contributed by atoms with Crippen molar-refractivity contribution in [1.29, 1.82) is 0 Å². The molecule has 1 aliphatic heterocycles. The summed E-state index contributed by atoms with van der Waals surface area (Å²) >= 11 is 6.01. The van der Waals surface area contributed by atoms with Crippen molar-refractivity contribution >= 4 is 28.7 Å². The van der Waals surface area contributed by atoms with E-state index in [1.54, 1.807) is 22.4 Å². The average molecular weight is 413 g/mol. The number of imidazole rings is 1. The van der Waals surface area contributed by atoms with Gasteiger partial charge in [-0.05, 0) is 55.0 Å². The normalized spacial score (nSPS) is 15.2. The third-order valence-electron chi connectivity index (χ3n) is 5.83. The molecule has 0 saturated carbocycles. The smallest absolute Gasteiger partial charge is 0.330 e. The number of benzene rings is 1. The summed E-state index contributed by atoms with van der Waals surface area (Å²) in [5.74, 6) is 0.560. The third kappa shape index (κ3) is 4.22. The zero-order valence-corrected chi connectivity index (χ0v) is 17.3. The zero-order chi connectivity index (χ0) is 20.4. The van der Waals surface area contributed by atoms with Crippen LogP contribution in [0.1, 0.15) is 24.8 Å². The van der Waals surface area contributed by atoms with Crippen molar-refractivity contribution in [3.63, 3.8) is 0 Å². The highest BCUT2D eigenvalue weighted by Gasteiger charge is 2.24. The van der Waals surface area contributed by atoms with Gasteiger partial charge >= 0.3 is 5.69 Å². The number of hydrogen-bond acceptors (Lipinski definition) is 3. The number of rotatable bonds is 5. The Kier molecular flexibility index (Phi) is 5.72. The number of fused-ring (bicyclic) bond motifs is 1. The standard InChI is InChI=1S/C22H25ClN4O2/c1-25-19-6-3-11-24-21(19)27(22(25)29)15-17-9-12-26(13-10-17)20(28)8-7-16-4-2-5-18(23)14-16/h2-6,11,14,17H,7-10,12-13,15H2,1H3. The van der Waals surface area contributed by atoms with Crippen molar-refractivity contribution in [1.82, 2.24) is 19.0 Å². The maximum Gasteiger partial charge on any atom is 0.330 e. The van der Waals surface area contributed by atoms with Gasteiger partial charge in [0.25, 0.3) is 0 Å². The van der Waals surface area contributed by atoms with E-state index in [0.717, 1.165) is 42.7 Å². The highest BCUT2D eigenvalue weighted by molar-refractivity contribution is 6.30. The second kappa shape index (κ2) is 8.41. The van der Waals surface area contributed by atoms with Gasteiger partial charge in [0.2, 0.25) is 5.91 Å². The van der Waals surface area contributed by atoms with E-state index in [9.17, 15) is 9.59 Å². The second-order valence-electron chi connectivity index (χ2n) is 7.75. The lowest BCUT2D eigenvalue weighted by molar-refractivity contribution is -0.132. The minimum Gasteiger partial charge on any atom is -0.343 e. The van der Waals surface area contributed by atoms with Crippen molar-refractivity contribution in [2.75, 3.05) is 13.1 Å². The Morgan fingerprint density at radius 2 is 2.00 bits per heavy atom. The first-order valence-electron chi connectivity index (χ1n) is 10.1. The second-order valence-corrected chi connectivity index (χ2v) is 8.19. The fourth-order valence-corrected chi connectivity index (χ4v) is 4.34. The molecular formula is C22H25ClN4O2. The maximum atomic E-state index is 12.6. The quantitative estimate of drug-likeness (QED) is 0.646. The summed E-state index contributed by atoms with van der Waals surface area (Å²) in [5, 5.41) is 0.703. The highest BCUT2D eigenvalue weighted by atomic mass is 35.5. The SMILES string of the molecule is Cn1c(=O)n(CC2CCN(C(=O)CCc3cccc(Cl)c3)CC2)c2ncccc21. The summed E-state index contributed by atoms with van der Waals surface area (Å²) < 4.78 is 3.42. The summed E-state index contributed by atoms with van der Waals surface area (Å²) in [6.45, 7) is 2.13. The van der Waals surface area contributed by atoms with Crippen LogP contribution in [0.4, 0.5) is 0 Å². The molecule has 0 radical (unpaired) electrons. The van der Waals surface area contributed by atoms with Crippen LogP contribution >= 0.6 is 11.6 Å². The van der Waals surface area contributed by atoms with Crippen molar-refractivity contribution in [2.24, 2.45) is 13.0 Å². The maximum absolute atomic E-state index is 12.6. The topological polar surface area (TPSA) is 60.1 Å². The lowest BCUT2D eigenvalue weighted by Crippen LogP contribution is -2.40. The van der Waals surface area contributed by atoms with Gasteiger partial charge in [-0.25, -0.2) is 9.78 Å². The van der Waals surface area contributed by atoms with Crippen molar-refractivity contribution in [2.45, 2.75) is 32.2 Å². The Morgan fingerprint density at radius 3 is 2.76 bits per heavy atom. The van der Waals surface area contributed by atoms with E-state index in [0.29, 0.717) is 30.3 Å². The van der Waals surface area contributed by atoms with Crippen LogP contribution in [0.5, 0.6) is 0 Å². The molecule has 3 aromatic rings. The van der Waals surface area contributed by atoms with Crippen LogP contribution in [0.25, 0.3) is 11.2 Å². The molecule has 0 unspecified atom stereocenters. The molecule has 1 fully saturated rings. The Hall–Kier alpha value is -2.60. The van der Waals surface area contributed by atoms with E-state index in [1.165, 1.54) is 0 Å². The van der Waals surface area contributed by atoms with Crippen LogP contribution in [-0.2, 0) is 24.8 Å². The van der Waals surface area contributed by atoms with Gasteiger partial charge in [-0.1, -0.05) is 23.7 Å². The van der Waals surface area contributed by atoms with Gasteiger partial charge in [-0.15, -0.1) is 0 Å². The molecule has 29 heavy (non-hydrogen) atoms. The van der Waals surface area contributed by atoms with Gasteiger partial charge < -0.3 is 4.90 Å². The molecule has 0 bridgehead atoms. The van der Waals surface area contributed by atoms with E-state index >= 15 is 0 Å². The van der Waals surface area contributed by atoms with E-state index < -0.39 is 0 Å². The van der Waals surface area contributed by atoms with Crippen molar-refractivity contribution in [3.05, 3.63) is 63.7 Å². The number of piperidine rings is 1. The number of hydrogen-bond donors (Lipinski definition) is 0. The van der Waals surface area contributed by atoms with Gasteiger partial charge in [-0.3, -0.25) is 13.9 Å². The molecule has 0 spiro atoms. The lowest BCUT2D eigenvalue weighted by Gasteiger charge is -2.32. The number of likely N-dealkylation sites (tertiary alicyclic amines) is 1. The number of aromatic nitrogens is 3. The van der Waals surface area contributed by atoms with Gasteiger partial charge in [-0.2, -0.15) is 0 Å². The first kappa shape index (κ1) is 19.7. The van der Waals surface area contributed by atoms with Gasteiger partial charge in [0.05, 0.1) is 5.52 Å². The number of amides is 1. The molecule has 3 heterocycles. The first-order chi connectivity index (χ1) is 14.0. The Balaban J connectivity index is 1.33. The first-order valence-corrected chi connectivity index (χ1v) is 10.4. The molecule has 6 nitrogen and oxygen atoms in total. The summed E-state index contributed by atoms with van der Waals surface area (Å²) in [6.07, 6.45) is 4.73. The summed E-state index contributed by atoms with van der Waals surface area (Å²) in [7, 11) is 1.78. The number of nitrogens with zero attached hydrogens (tertiary/aromatic N) is 4. The molecule has 1 saturated heterocycles. The van der Waals surface area contributed by atoms with Crippen LogP contribution < -0.4 is 5.69 Å². The molecule has 4 rings (SSSR count). The molecule has 1 aromatic carbocycles. The number of carbonyl (C=O) groups excluding carboxylic acids is 1. The largest absolute Gasteiger partial charge is 0.343 e. The Labute approximate surface area is 174 Å². The van der Waals surface area contributed by atoms with E-state index in [-0.39, 0.29) is 11.6 Å². The highest BCUT2D eigenvalue weighted by Crippen LogP contribution is 2.21. The van der Waals surface area contributed by atoms with Crippen molar-refractivity contribution in [3.8, 4) is 0 Å².